The number of benzene rings is 1. The average molecular weight is 275 g/mol. The Morgan fingerprint density at radius 3 is 2.20 bits per heavy atom. The van der Waals surface area contributed by atoms with Gasteiger partial charge in [-0.15, -0.1) is 0 Å². The van der Waals surface area contributed by atoms with Crippen molar-refractivity contribution in [2.24, 2.45) is 5.92 Å². The lowest BCUT2D eigenvalue weighted by Crippen LogP contribution is -2.35. The van der Waals surface area contributed by atoms with Crippen LogP contribution < -0.4 is 5.32 Å². The zero-order valence-electron chi connectivity index (χ0n) is 13.6. The summed E-state index contributed by atoms with van der Waals surface area (Å²) in [6, 6.07) is 8.73. The Labute approximate surface area is 124 Å². The highest BCUT2D eigenvalue weighted by molar-refractivity contribution is 5.83. The molecule has 1 rings (SSSR count). The van der Waals surface area contributed by atoms with Crippen molar-refractivity contribution < 1.29 is 4.79 Å². The summed E-state index contributed by atoms with van der Waals surface area (Å²) >= 11 is 0. The third kappa shape index (κ3) is 5.36. The van der Waals surface area contributed by atoms with Gasteiger partial charge in [0.05, 0.1) is 5.92 Å². The molecule has 0 aliphatic carbocycles. The molecule has 0 fully saturated rings. The lowest BCUT2D eigenvalue weighted by molar-refractivity contribution is -0.122. The molecule has 1 amide bonds. The number of rotatable bonds is 7. The van der Waals surface area contributed by atoms with Crippen LogP contribution in [0.5, 0.6) is 0 Å². The second-order valence-electron chi connectivity index (χ2n) is 6.26. The van der Waals surface area contributed by atoms with Crippen LogP contribution in [0.1, 0.15) is 64.5 Å². The fourth-order valence-electron chi connectivity index (χ4n) is 2.44. The number of carbonyl (C=O) groups excluding carboxylic acids is 1. The maximum absolute atomic E-state index is 12.2. The monoisotopic (exact) mass is 275 g/mol. The highest BCUT2D eigenvalue weighted by atomic mass is 16.1. The van der Waals surface area contributed by atoms with Gasteiger partial charge in [0.1, 0.15) is 0 Å². The van der Waals surface area contributed by atoms with Crippen molar-refractivity contribution in [1.29, 1.82) is 0 Å². The third-order valence-electron chi connectivity index (χ3n) is 3.63. The molecule has 0 saturated carbocycles. The molecule has 1 aromatic rings. The van der Waals surface area contributed by atoms with Crippen LogP contribution in [0.25, 0.3) is 0 Å². The first-order chi connectivity index (χ1) is 9.43. The van der Waals surface area contributed by atoms with E-state index in [1.54, 1.807) is 0 Å². The fourth-order valence-corrected chi connectivity index (χ4v) is 2.44. The SMILES string of the molecule is CCCC(C)NC(=O)C(C)c1ccc(CC(C)C)cc1. The molecule has 2 nitrogen and oxygen atoms in total. The summed E-state index contributed by atoms with van der Waals surface area (Å²) in [4.78, 5) is 12.2. The summed E-state index contributed by atoms with van der Waals surface area (Å²) in [7, 11) is 0. The molecule has 0 bridgehead atoms. The molecular weight excluding hydrogens is 246 g/mol. The number of carbonyl (C=O) groups is 1. The van der Waals surface area contributed by atoms with Crippen LogP contribution in [-0.4, -0.2) is 11.9 Å². The van der Waals surface area contributed by atoms with Crippen molar-refractivity contribution in [2.45, 2.75) is 65.8 Å². The van der Waals surface area contributed by atoms with E-state index in [0.29, 0.717) is 5.92 Å². The average Bonchev–Trinajstić information content (AvgIpc) is 2.38. The fraction of sp³-hybridized carbons (Fsp3) is 0.611. The lowest BCUT2D eigenvalue weighted by Gasteiger charge is -2.17. The van der Waals surface area contributed by atoms with Gasteiger partial charge in [0.15, 0.2) is 0 Å². The lowest BCUT2D eigenvalue weighted by atomic mass is 9.96. The second kappa shape index (κ2) is 8.08. The van der Waals surface area contributed by atoms with Crippen molar-refractivity contribution >= 4 is 5.91 Å². The zero-order chi connectivity index (χ0) is 15.1. The van der Waals surface area contributed by atoms with E-state index in [0.717, 1.165) is 24.8 Å². The van der Waals surface area contributed by atoms with E-state index in [4.69, 9.17) is 0 Å². The predicted octanol–water partition coefficient (Wildman–Crippen LogP) is 4.29. The van der Waals surface area contributed by atoms with Gasteiger partial charge in [-0.25, -0.2) is 0 Å². The van der Waals surface area contributed by atoms with Crippen molar-refractivity contribution in [3.05, 3.63) is 35.4 Å². The van der Waals surface area contributed by atoms with Gasteiger partial charge in [-0.1, -0.05) is 51.5 Å². The van der Waals surface area contributed by atoms with Crippen molar-refractivity contribution in [2.75, 3.05) is 0 Å². The Kier molecular flexibility index (Phi) is 6.77. The van der Waals surface area contributed by atoms with E-state index in [9.17, 15) is 4.79 Å². The summed E-state index contributed by atoms with van der Waals surface area (Å²) in [5, 5.41) is 3.09. The molecule has 0 aliphatic rings. The van der Waals surface area contributed by atoms with Crippen molar-refractivity contribution in [3.63, 3.8) is 0 Å². The molecule has 0 aliphatic heterocycles. The molecule has 0 spiro atoms. The van der Waals surface area contributed by atoms with Crippen LogP contribution in [0.3, 0.4) is 0 Å². The van der Waals surface area contributed by atoms with Gasteiger partial charge in [0, 0.05) is 6.04 Å². The first-order valence-corrected chi connectivity index (χ1v) is 7.83. The topological polar surface area (TPSA) is 29.1 Å². The Balaban J connectivity index is 2.62. The minimum absolute atomic E-state index is 0.0811. The summed E-state index contributed by atoms with van der Waals surface area (Å²) in [5.41, 5.74) is 2.44. The normalized spacial score (nSPS) is 14.1. The van der Waals surface area contributed by atoms with E-state index in [-0.39, 0.29) is 17.9 Å². The standard InChI is InChI=1S/C18H29NO/c1-6-7-14(4)19-18(20)15(5)17-10-8-16(9-11-17)12-13(2)3/h8-11,13-15H,6-7,12H2,1-5H3,(H,19,20). The molecule has 1 aromatic carbocycles. The maximum atomic E-state index is 12.2. The molecule has 112 valence electrons. The molecular formula is C18H29NO. The molecule has 2 atom stereocenters. The molecule has 0 heterocycles. The molecule has 2 heteroatoms. The highest BCUT2D eigenvalue weighted by Gasteiger charge is 2.16. The van der Waals surface area contributed by atoms with Crippen LogP contribution in [0, 0.1) is 5.92 Å². The minimum Gasteiger partial charge on any atom is -0.353 e. The molecule has 1 N–H and O–H groups in total. The number of nitrogens with one attached hydrogen (secondary N) is 1. The molecule has 0 radical (unpaired) electrons. The van der Waals surface area contributed by atoms with Crippen LogP contribution in [0.4, 0.5) is 0 Å². The third-order valence-corrected chi connectivity index (χ3v) is 3.63. The van der Waals surface area contributed by atoms with Gasteiger partial charge in [-0.2, -0.15) is 0 Å². The second-order valence-corrected chi connectivity index (χ2v) is 6.26. The Bertz CT molecular complexity index is 408. The Morgan fingerprint density at radius 1 is 1.10 bits per heavy atom. The molecule has 20 heavy (non-hydrogen) atoms. The summed E-state index contributed by atoms with van der Waals surface area (Å²) < 4.78 is 0. The summed E-state index contributed by atoms with van der Waals surface area (Å²) in [6.45, 7) is 10.6. The van der Waals surface area contributed by atoms with E-state index in [1.165, 1.54) is 5.56 Å². The van der Waals surface area contributed by atoms with Crippen LogP contribution in [-0.2, 0) is 11.2 Å². The predicted molar refractivity (Wildman–Crippen MR) is 85.9 cm³/mol. The van der Waals surface area contributed by atoms with E-state index >= 15 is 0 Å². The highest BCUT2D eigenvalue weighted by Crippen LogP contribution is 2.18. The Morgan fingerprint density at radius 2 is 1.70 bits per heavy atom. The summed E-state index contributed by atoms with van der Waals surface area (Å²) in [5.74, 6) is 0.710. The first-order valence-electron chi connectivity index (χ1n) is 7.83. The quantitative estimate of drug-likeness (QED) is 0.790. The maximum Gasteiger partial charge on any atom is 0.227 e. The molecule has 2 unspecified atom stereocenters. The van der Waals surface area contributed by atoms with E-state index < -0.39 is 0 Å². The first kappa shape index (κ1) is 16.7. The zero-order valence-corrected chi connectivity index (χ0v) is 13.6. The van der Waals surface area contributed by atoms with Crippen LogP contribution in [0.15, 0.2) is 24.3 Å². The van der Waals surface area contributed by atoms with Crippen molar-refractivity contribution in [1.82, 2.24) is 5.32 Å². The van der Waals surface area contributed by atoms with E-state index in [2.05, 4.69) is 57.3 Å². The number of amides is 1. The van der Waals surface area contributed by atoms with E-state index in [1.807, 2.05) is 6.92 Å². The van der Waals surface area contributed by atoms with Crippen LogP contribution in [0.2, 0.25) is 0 Å². The minimum atomic E-state index is -0.0811. The number of hydrogen-bond donors (Lipinski definition) is 1. The largest absolute Gasteiger partial charge is 0.353 e. The van der Waals surface area contributed by atoms with Gasteiger partial charge >= 0.3 is 0 Å². The van der Waals surface area contributed by atoms with Gasteiger partial charge < -0.3 is 5.32 Å². The Hall–Kier alpha value is -1.31. The van der Waals surface area contributed by atoms with Gasteiger partial charge in [0.2, 0.25) is 5.91 Å². The van der Waals surface area contributed by atoms with Crippen molar-refractivity contribution in [3.8, 4) is 0 Å². The van der Waals surface area contributed by atoms with Crippen LogP contribution >= 0.6 is 0 Å². The smallest absolute Gasteiger partial charge is 0.227 e. The molecule has 0 aromatic heterocycles. The number of hydrogen-bond acceptors (Lipinski definition) is 1. The molecule has 0 saturated heterocycles. The van der Waals surface area contributed by atoms with Gasteiger partial charge in [0.25, 0.3) is 0 Å². The summed E-state index contributed by atoms with van der Waals surface area (Å²) in [6.07, 6.45) is 3.22. The van der Waals surface area contributed by atoms with Gasteiger partial charge in [-0.05, 0) is 43.7 Å². The van der Waals surface area contributed by atoms with Gasteiger partial charge in [-0.3, -0.25) is 4.79 Å².